The van der Waals surface area contributed by atoms with Crippen LogP contribution >= 0.6 is 11.8 Å². The van der Waals surface area contributed by atoms with E-state index in [4.69, 9.17) is 4.74 Å². The lowest BCUT2D eigenvalue weighted by Gasteiger charge is -2.11. The second kappa shape index (κ2) is 5.45. The molecule has 0 aromatic heterocycles. The Kier molecular flexibility index (Phi) is 3.94. The minimum Gasteiger partial charge on any atom is -0.497 e. The van der Waals surface area contributed by atoms with E-state index in [9.17, 15) is 4.79 Å². The van der Waals surface area contributed by atoms with Crippen LogP contribution in [0.1, 0.15) is 19.8 Å². The van der Waals surface area contributed by atoms with Crippen LogP contribution in [0.25, 0.3) is 0 Å². The van der Waals surface area contributed by atoms with Crippen molar-refractivity contribution in [1.29, 1.82) is 0 Å². The molecule has 0 unspecified atom stereocenters. The third-order valence-corrected chi connectivity index (χ3v) is 3.78. The van der Waals surface area contributed by atoms with Gasteiger partial charge in [-0.05, 0) is 44.0 Å². The van der Waals surface area contributed by atoms with Gasteiger partial charge in [0.1, 0.15) is 5.75 Å². The third kappa shape index (κ3) is 3.66. The van der Waals surface area contributed by atoms with Crippen LogP contribution in [0, 0.1) is 0 Å². The van der Waals surface area contributed by atoms with Gasteiger partial charge in [0.25, 0.3) is 0 Å². The molecule has 1 atom stereocenters. The lowest BCUT2D eigenvalue weighted by atomic mass is 10.3. The fourth-order valence-electron chi connectivity index (χ4n) is 1.46. The van der Waals surface area contributed by atoms with Gasteiger partial charge in [0.15, 0.2) is 0 Å². The smallest absolute Gasteiger partial charge is 0.233 e. The van der Waals surface area contributed by atoms with Gasteiger partial charge in [-0.3, -0.25) is 4.79 Å². The molecular weight excluding hydrogens is 234 g/mol. The predicted molar refractivity (Wildman–Crippen MR) is 69.5 cm³/mol. The molecule has 1 N–H and O–H groups in total. The van der Waals surface area contributed by atoms with Gasteiger partial charge in [-0.25, -0.2) is 0 Å². The van der Waals surface area contributed by atoms with Crippen molar-refractivity contribution in [3.63, 3.8) is 0 Å². The first-order valence-corrected chi connectivity index (χ1v) is 6.68. The summed E-state index contributed by atoms with van der Waals surface area (Å²) in [6.07, 6.45) is 2.26. The average molecular weight is 251 g/mol. The summed E-state index contributed by atoms with van der Waals surface area (Å²) in [4.78, 5) is 12.9. The Hall–Kier alpha value is -1.16. The molecule has 17 heavy (non-hydrogen) atoms. The number of carbonyl (C=O) groups is 1. The number of amides is 1. The Morgan fingerprint density at radius 1 is 1.41 bits per heavy atom. The number of nitrogens with one attached hydrogen (secondary N) is 1. The highest BCUT2D eigenvalue weighted by Gasteiger charge is 2.25. The van der Waals surface area contributed by atoms with Gasteiger partial charge in [-0.1, -0.05) is 0 Å². The number of carbonyl (C=O) groups excluding carboxylic acids is 1. The molecule has 4 heteroatoms. The molecule has 2 rings (SSSR count). The Labute approximate surface area is 106 Å². The monoisotopic (exact) mass is 251 g/mol. The zero-order valence-corrected chi connectivity index (χ0v) is 10.9. The van der Waals surface area contributed by atoms with E-state index in [0.717, 1.165) is 23.5 Å². The summed E-state index contributed by atoms with van der Waals surface area (Å²) in [5.74, 6) is 0.970. The number of hydrogen-bond acceptors (Lipinski definition) is 3. The predicted octanol–water partition coefficient (Wildman–Crippen LogP) is 2.45. The molecule has 1 amide bonds. The maximum atomic E-state index is 11.8. The minimum absolute atomic E-state index is 0.0519. The van der Waals surface area contributed by atoms with Gasteiger partial charge >= 0.3 is 0 Å². The summed E-state index contributed by atoms with van der Waals surface area (Å²) in [5, 5.41) is 2.96. The summed E-state index contributed by atoms with van der Waals surface area (Å²) >= 11 is 1.57. The van der Waals surface area contributed by atoms with Crippen LogP contribution in [0.15, 0.2) is 29.2 Å². The van der Waals surface area contributed by atoms with Gasteiger partial charge in [0, 0.05) is 10.9 Å². The molecule has 92 valence electrons. The van der Waals surface area contributed by atoms with Crippen LogP contribution < -0.4 is 10.1 Å². The maximum absolute atomic E-state index is 11.8. The van der Waals surface area contributed by atoms with Crippen molar-refractivity contribution in [1.82, 2.24) is 5.32 Å². The van der Waals surface area contributed by atoms with Crippen molar-refractivity contribution in [3.05, 3.63) is 24.3 Å². The number of benzene rings is 1. The first-order valence-electron chi connectivity index (χ1n) is 5.80. The first-order chi connectivity index (χ1) is 8.19. The van der Waals surface area contributed by atoms with Crippen LogP contribution in [0.5, 0.6) is 5.75 Å². The normalized spacial score (nSPS) is 16.4. The molecule has 1 aliphatic carbocycles. The Morgan fingerprint density at radius 2 is 2.06 bits per heavy atom. The molecule has 1 aromatic carbocycles. The molecule has 0 saturated heterocycles. The molecule has 0 bridgehead atoms. The Bertz CT molecular complexity index is 387. The van der Waals surface area contributed by atoms with Crippen LogP contribution in [-0.2, 0) is 4.79 Å². The molecule has 3 nitrogen and oxygen atoms in total. The summed E-state index contributed by atoms with van der Waals surface area (Å²) in [7, 11) is 1.65. The molecule has 0 radical (unpaired) electrons. The quantitative estimate of drug-likeness (QED) is 0.817. The van der Waals surface area contributed by atoms with Gasteiger partial charge in [0.05, 0.1) is 12.4 Å². The Morgan fingerprint density at radius 3 is 2.59 bits per heavy atom. The standard InChI is InChI=1S/C13H17NO2S/c1-9(13(15)14-10-3-4-10)17-12-7-5-11(16-2)6-8-12/h5-10H,3-4H2,1-2H3,(H,14,15)/t9-/m1/s1. The lowest BCUT2D eigenvalue weighted by molar-refractivity contribution is -0.120. The molecular formula is C13H17NO2S. The van der Waals surface area contributed by atoms with Crippen LogP contribution in [0.2, 0.25) is 0 Å². The van der Waals surface area contributed by atoms with Gasteiger partial charge in [0.2, 0.25) is 5.91 Å². The van der Waals surface area contributed by atoms with E-state index < -0.39 is 0 Å². The van der Waals surface area contributed by atoms with E-state index >= 15 is 0 Å². The van der Waals surface area contributed by atoms with Crippen molar-refractivity contribution in [2.24, 2.45) is 0 Å². The number of ether oxygens (including phenoxy) is 1. The second-order valence-electron chi connectivity index (χ2n) is 4.22. The molecule has 1 saturated carbocycles. The fraction of sp³-hybridized carbons (Fsp3) is 0.462. The molecule has 1 aromatic rings. The van der Waals surface area contributed by atoms with Crippen LogP contribution in [0.3, 0.4) is 0 Å². The number of hydrogen-bond donors (Lipinski definition) is 1. The zero-order chi connectivity index (χ0) is 12.3. The zero-order valence-electron chi connectivity index (χ0n) is 10.1. The summed E-state index contributed by atoms with van der Waals surface area (Å²) in [6.45, 7) is 1.94. The van der Waals surface area contributed by atoms with Crippen molar-refractivity contribution in [3.8, 4) is 5.75 Å². The fourth-order valence-corrected chi connectivity index (χ4v) is 2.33. The molecule has 0 spiro atoms. The molecule has 1 fully saturated rings. The highest BCUT2D eigenvalue weighted by molar-refractivity contribution is 8.00. The van der Waals surface area contributed by atoms with Gasteiger partial charge < -0.3 is 10.1 Å². The van der Waals surface area contributed by atoms with Gasteiger partial charge in [-0.2, -0.15) is 0 Å². The summed E-state index contributed by atoms with van der Waals surface area (Å²) < 4.78 is 5.09. The van der Waals surface area contributed by atoms with E-state index in [2.05, 4.69) is 5.32 Å². The Balaban J connectivity index is 1.87. The van der Waals surface area contributed by atoms with Gasteiger partial charge in [-0.15, -0.1) is 11.8 Å². The number of methoxy groups -OCH3 is 1. The summed E-state index contributed by atoms with van der Waals surface area (Å²) in [6, 6.07) is 8.21. The molecule has 1 aliphatic rings. The highest BCUT2D eigenvalue weighted by atomic mass is 32.2. The topological polar surface area (TPSA) is 38.3 Å². The van der Waals surface area contributed by atoms with Crippen LogP contribution in [-0.4, -0.2) is 24.3 Å². The number of rotatable bonds is 5. The summed E-state index contributed by atoms with van der Waals surface area (Å²) in [5.41, 5.74) is 0. The van der Waals surface area contributed by atoms with E-state index in [1.807, 2.05) is 31.2 Å². The van der Waals surface area contributed by atoms with Crippen molar-refractivity contribution in [2.75, 3.05) is 7.11 Å². The highest BCUT2D eigenvalue weighted by Crippen LogP contribution is 2.26. The van der Waals surface area contributed by atoms with Crippen molar-refractivity contribution < 1.29 is 9.53 Å². The van der Waals surface area contributed by atoms with E-state index in [0.29, 0.717) is 6.04 Å². The molecule has 0 aliphatic heterocycles. The van der Waals surface area contributed by atoms with E-state index in [-0.39, 0.29) is 11.2 Å². The van der Waals surface area contributed by atoms with Crippen molar-refractivity contribution >= 4 is 17.7 Å². The second-order valence-corrected chi connectivity index (χ2v) is 5.63. The molecule has 0 heterocycles. The lowest BCUT2D eigenvalue weighted by Crippen LogP contribution is -2.32. The first kappa shape index (κ1) is 12.3. The number of thioether (sulfide) groups is 1. The maximum Gasteiger partial charge on any atom is 0.233 e. The average Bonchev–Trinajstić information content (AvgIpc) is 3.14. The van der Waals surface area contributed by atoms with Crippen LogP contribution in [0.4, 0.5) is 0 Å². The minimum atomic E-state index is -0.0519. The van der Waals surface area contributed by atoms with Crippen molar-refractivity contribution in [2.45, 2.75) is 36.0 Å². The van der Waals surface area contributed by atoms with E-state index in [1.54, 1.807) is 18.9 Å². The largest absolute Gasteiger partial charge is 0.497 e. The van der Waals surface area contributed by atoms with E-state index in [1.165, 1.54) is 0 Å². The SMILES string of the molecule is COc1ccc(S[C@H](C)C(=O)NC2CC2)cc1. The third-order valence-electron chi connectivity index (χ3n) is 2.67.